The highest BCUT2D eigenvalue weighted by atomic mass is 19.2. The molecule has 7 heteroatoms. The summed E-state index contributed by atoms with van der Waals surface area (Å²) in [4.78, 5) is 11.4. The van der Waals surface area contributed by atoms with E-state index in [1.165, 1.54) is 24.5 Å². The van der Waals surface area contributed by atoms with Gasteiger partial charge < -0.3 is 11.5 Å². The molecule has 0 unspecified atom stereocenters. The van der Waals surface area contributed by atoms with E-state index in [0.717, 1.165) is 6.07 Å². The third kappa shape index (κ3) is 2.24. The minimum absolute atomic E-state index is 0.0653. The summed E-state index contributed by atoms with van der Waals surface area (Å²) in [5.74, 6) is -2.15. The number of nitrogens with zero attached hydrogens (tertiary/aromatic N) is 3. The zero-order valence-electron chi connectivity index (χ0n) is 9.14. The number of amidine groups is 1. The number of nitrogens with two attached hydrogens (primary N) is 2. The molecule has 1 heterocycles. The van der Waals surface area contributed by atoms with E-state index in [1.807, 2.05) is 0 Å². The molecule has 0 spiro atoms. The second-order valence-electron chi connectivity index (χ2n) is 3.36. The van der Waals surface area contributed by atoms with Gasteiger partial charge >= 0.3 is 0 Å². The van der Waals surface area contributed by atoms with Gasteiger partial charge in [0, 0.05) is 12.4 Å². The summed E-state index contributed by atoms with van der Waals surface area (Å²) >= 11 is 0. The normalized spacial score (nSPS) is 11.6. The molecule has 1 aromatic carbocycles. The van der Waals surface area contributed by atoms with Crippen molar-refractivity contribution < 1.29 is 8.78 Å². The van der Waals surface area contributed by atoms with Crippen LogP contribution in [0.3, 0.4) is 0 Å². The molecular weight excluding hydrogens is 240 g/mol. The number of aromatic nitrogens is 2. The molecule has 2 aromatic rings. The van der Waals surface area contributed by atoms with Crippen LogP contribution in [0.25, 0.3) is 0 Å². The van der Waals surface area contributed by atoms with Gasteiger partial charge in [-0.25, -0.2) is 23.7 Å². The lowest BCUT2D eigenvalue weighted by molar-refractivity contribution is 0.510. The van der Waals surface area contributed by atoms with Crippen LogP contribution in [0.1, 0.15) is 5.69 Å². The number of hydrogen-bond acceptors (Lipinski definition) is 4. The summed E-state index contributed by atoms with van der Waals surface area (Å²) in [6.07, 6.45) is 2.75. The predicted octanol–water partition coefficient (Wildman–Crippen LogP) is 1.37. The van der Waals surface area contributed by atoms with Crippen LogP contribution in [0.5, 0.6) is 0 Å². The number of benzene rings is 1. The molecule has 0 aliphatic rings. The Labute approximate surface area is 101 Å². The summed E-state index contributed by atoms with van der Waals surface area (Å²) in [5, 5.41) is 0. The highest BCUT2D eigenvalue weighted by molar-refractivity contribution is 6.00. The number of halogens is 2. The molecule has 1 aromatic heterocycles. The summed E-state index contributed by atoms with van der Waals surface area (Å²) in [6, 6.07) is 3.60. The Kier molecular flexibility index (Phi) is 3.13. The van der Waals surface area contributed by atoms with Crippen LogP contribution in [0.2, 0.25) is 0 Å². The first-order chi connectivity index (χ1) is 8.59. The van der Waals surface area contributed by atoms with Gasteiger partial charge in [0.05, 0.1) is 0 Å². The van der Waals surface area contributed by atoms with E-state index >= 15 is 0 Å². The van der Waals surface area contributed by atoms with Crippen LogP contribution < -0.4 is 11.5 Å². The molecule has 0 radical (unpaired) electrons. The zero-order valence-corrected chi connectivity index (χ0v) is 9.14. The first kappa shape index (κ1) is 11.9. The van der Waals surface area contributed by atoms with Crippen molar-refractivity contribution in [3.63, 3.8) is 0 Å². The lowest BCUT2D eigenvalue weighted by Gasteiger charge is -2.03. The number of hydrogen-bond donors (Lipinski definition) is 2. The molecule has 0 saturated heterocycles. The fourth-order valence-corrected chi connectivity index (χ4v) is 1.31. The van der Waals surface area contributed by atoms with Gasteiger partial charge in [-0.3, -0.25) is 0 Å². The Morgan fingerprint density at radius 2 is 1.89 bits per heavy atom. The van der Waals surface area contributed by atoms with E-state index in [2.05, 4.69) is 15.0 Å². The predicted molar refractivity (Wildman–Crippen MR) is 63.2 cm³/mol. The second-order valence-corrected chi connectivity index (χ2v) is 3.36. The highest BCUT2D eigenvalue weighted by Crippen LogP contribution is 2.20. The minimum Gasteiger partial charge on any atom is -0.382 e. The van der Waals surface area contributed by atoms with Crippen LogP contribution in [-0.4, -0.2) is 15.8 Å². The Bertz CT molecular complexity index is 612. The number of aliphatic imine (C=N–C) groups is 1. The van der Waals surface area contributed by atoms with Crippen molar-refractivity contribution in [3.8, 4) is 0 Å². The highest BCUT2D eigenvalue weighted by Gasteiger charge is 2.10. The maximum Gasteiger partial charge on any atom is 0.184 e. The summed E-state index contributed by atoms with van der Waals surface area (Å²) in [6.45, 7) is 0. The molecular formula is C11H9F2N5. The number of anilines is 1. The molecule has 0 fully saturated rings. The molecule has 0 atom stereocenters. The van der Waals surface area contributed by atoms with Crippen molar-refractivity contribution in [2.75, 3.05) is 5.73 Å². The van der Waals surface area contributed by atoms with Gasteiger partial charge in [-0.05, 0) is 12.1 Å². The SMILES string of the molecule is NC(=Nc1cccc(F)c1F)c1nccnc1N. The fourth-order valence-electron chi connectivity index (χ4n) is 1.31. The van der Waals surface area contributed by atoms with Crippen LogP contribution in [-0.2, 0) is 0 Å². The molecule has 92 valence electrons. The molecule has 0 aliphatic carbocycles. The summed E-state index contributed by atoms with van der Waals surface area (Å²) in [7, 11) is 0. The first-order valence-corrected chi connectivity index (χ1v) is 4.94. The maximum atomic E-state index is 13.4. The average molecular weight is 249 g/mol. The monoisotopic (exact) mass is 249 g/mol. The Hall–Kier alpha value is -2.57. The summed E-state index contributed by atoms with van der Waals surface area (Å²) in [5.41, 5.74) is 11.1. The van der Waals surface area contributed by atoms with Crippen molar-refractivity contribution in [2.24, 2.45) is 10.7 Å². The summed E-state index contributed by atoms with van der Waals surface area (Å²) < 4.78 is 26.3. The van der Waals surface area contributed by atoms with E-state index < -0.39 is 11.6 Å². The van der Waals surface area contributed by atoms with Gasteiger partial charge in [0.15, 0.2) is 23.3 Å². The van der Waals surface area contributed by atoms with E-state index in [4.69, 9.17) is 11.5 Å². The third-order valence-electron chi connectivity index (χ3n) is 2.14. The molecule has 2 rings (SSSR count). The van der Waals surface area contributed by atoms with E-state index in [0.29, 0.717) is 0 Å². The van der Waals surface area contributed by atoms with Crippen molar-refractivity contribution in [3.05, 3.63) is 47.9 Å². The average Bonchev–Trinajstić information content (AvgIpc) is 2.35. The fraction of sp³-hybridized carbons (Fsp3) is 0. The second kappa shape index (κ2) is 4.74. The van der Waals surface area contributed by atoms with Crippen LogP contribution in [0.15, 0.2) is 35.6 Å². The van der Waals surface area contributed by atoms with Gasteiger partial charge in [0.25, 0.3) is 0 Å². The lowest BCUT2D eigenvalue weighted by atomic mass is 10.3. The van der Waals surface area contributed by atoms with Gasteiger partial charge in [0.1, 0.15) is 11.4 Å². The molecule has 18 heavy (non-hydrogen) atoms. The molecule has 0 aliphatic heterocycles. The van der Waals surface area contributed by atoms with Crippen LogP contribution >= 0.6 is 0 Å². The third-order valence-corrected chi connectivity index (χ3v) is 2.14. The quantitative estimate of drug-likeness (QED) is 0.621. The number of rotatable bonds is 2. The van der Waals surface area contributed by atoms with Crippen molar-refractivity contribution in [1.29, 1.82) is 0 Å². The number of nitrogen functional groups attached to an aromatic ring is 1. The molecule has 0 bridgehead atoms. The van der Waals surface area contributed by atoms with Gasteiger partial charge in [-0.2, -0.15) is 0 Å². The minimum atomic E-state index is -1.08. The topological polar surface area (TPSA) is 90.2 Å². The van der Waals surface area contributed by atoms with Crippen LogP contribution in [0.4, 0.5) is 20.3 Å². The van der Waals surface area contributed by atoms with Crippen molar-refractivity contribution >= 4 is 17.3 Å². The largest absolute Gasteiger partial charge is 0.382 e. The van der Waals surface area contributed by atoms with E-state index in [-0.39, 0.29) is 23.0 Å². The van der Waals surface area contributed by atoms with Crippen LogP contribution in [0, 0.1) is 11.6 Å². The molecule has 5 nitrogen and oxygen atoms in total. The van der Waals surface area contributed by atoms with Gasteiger partial charge in [-0.15, -0.1) is 0 Å². The molecule has 0 saturated carbocycles. The smallest absolute Gasteiger partial charge is 0.184 e. The molecule has 0 amide bonds. The van der Waals surface area contributed by atoms with Crippen molar-refractivity contribution in [2.45, 2.75) is 0 Å². The van der Waals surface area contributed by atoms with E-state index in [9.17, 15) is 8.78 Å². The standard InChI is InChI=1S/C11H9F2N5/c12-6-2-1-3-7(8(6)13)18-11(15)9-10(14)17-5-4-16-9/h1-5H,(H2,14,17)(H2,15,18). The zero-order chi connectivity index (χ0) is 13.1. The Morgan fingerprint density at radius 1 is 1.17 bits per heavy atom. The van der Waals surface area contributed by atoms with Crippen molar-refractivity contribution in [1.82, 2.24) is 9.97 Å². The van der Waals surface area contributed by atoms with E-state index in [1.54, 1.807) is 0 Å². The Balaban J connectivity index is 2.45. The van der Waals surface area contributed by atoms with Gasteiger partial charge in [0.2, 0.25) is 0 Å². The molecule has 4 N–H and O–H groups in total. The maximum absolute atomic E-state index is 13.4. The lowest BCUT2D eigenvalue weighted by Crippen LogP contribution is -2.17. The van der Waals surface area contributed by atoms with Gasteiger partial charge in [-0.1, -0.05) is 6.07 Å². The first-order valence-electron chi connectivity index (χ1n) is 4.94. The Morgan fingerprint density at radius 3 is 2.61 bits per heavy atom.